The maximum atomic E-state index is 12.5. The molecule has 25 heavy (non-hydrogen) atoms. The number of rotatable bonds is 4. The predicted octanol–water partition coefficient (Wildman–Crippen LogP) is 2.24. The number of piperidine rings is 1. The SMILES string of the molecule is COCc1cc(Cl)ccc1NC(=O)N1CCC(n2cn[nH]c2=O)CC1. The topological polar surface area (TPSA) is 92.2 Å². The lowest BCUT2D eigenvalue weighted by Crippen LogP contribution is -2.42. The average Bonchev–Trinajstić information content (AvgIpc) is 3.03. The minimum atomic E-state index is -0.215. The number of carbonyl (C=O) groups is 1. The van der Waals surface area contributed by atoms with E-state index < -0.39 is 0 Å². The zero-order chi connectivity index (χ0) is 17.8. The fourth-order valence-corrected chi connectivity index (χ4v) is 3.21. The standard InChI is InChI=1S/C16H20ClN5O3/c1-25-9-11-8-12(17)2-3-14(11)19-15(23)21-6-4-13(5-7-21)22-10-18-20-16(22)24/h2-3,8,10,13H,4-7,9H2,1H3,(H,19,23)(H,20,24). The average molecular weight is 366 g/mol. The van der Waals surface area contributed by atoms with Crippen molar-refractivity contribution in [2.75, 3.05) is 25.5 Å². The summed E-state index contributed by atoms with van der Waals surface area (Å²) in [7, 11) is 1.59. The Morgan fingerprint density at radius 1 is 1.44 bits per heavy atom. The molecular weight excluding hydrogens is 346 g/mol. The van der Waals surface area contributed by atoms with Crippen LogP contribution in [0, 0.1) is 0 Å². The van der Waals surface area contributed by atoms with Crippen molar-refractivity contribution in [1.82, 2.24) is 19.7 Å². The van der Waals surface area contributed by atoms with Crippen molar-refractivity contribution in [2.24, 2.45) is 0 Å². The summed E-state index contributed by atoms with van der Waals surface area (Å²) in [6, 6.07) is 5.17. The van der Waals surface area contributed by atoms with Crippen LogP contribution in [0.4, 0.5) is 10.5 Å². The molecule has 1 aromatic carbocycles. The van der Waals surface area contributed by atoms with Crippen LogP contribution in [0.5, 0.6) is 0 Å². The van der Waals surface area contributed by atoms with E-state index in [1.807, 2.05) is 0 Å². The number of nitrogens with one attached hydrogen (secondary N) is 2. The highest BCUT2D eigenvalue weighted by Gasteiger charge is 2.25. The highest BCUT2D eigenvalue weighted by Crippen LogP contribution is 2.24. The highest BCUT2D eigenvalue weighted by molar-refractivity contribution is 6.30. The molecule has 0 saturated carbocycles. The summed E-state index contributed by atoms with van der Waals surface area (Å²) in [5.74, 6) is 0. The summed E-state index contributed by atoms with van der Waals surface area (Å²) in [6.07, 6.45) is 2.92. The first-order valence-corrected chi connectivity index (χ1v) is 8.41. The number of benzene rings is 1. The van der Waals surface area contributed by atoms with E-state index in [0.717, 1.165) is 5.56 Å². The highest BCUT2D eigenvalue weighted by atomic mass is 35.5. The van der Waals surface area contributed by atoms with E-state index >= 15 is 0 Å². The van der Waals surface area contributed by atoms with Crippen LogP contribution < -0.4 is 11.0 Å². The van der Waals surface area contributed by atoms with Gasteiger partial charge in [-0.2, -0.15) is 5.10 Å². The number of hydrogen-bond acceptors (Lipinski definition) is 4. The second kappa shape index (κ2) is 7.71. The van der Waals surface area contributed by atoms with Gasteiger partial charge < -0.3 is 15.0 Å². The molecule has 1 aliphatic heterocycles. The molecule has 3 rings (SSSR count). The molecule has 1 saturated heterocycles. The van der Waals surface area contributed by atoms with Crippen LogP contribution in [-0.2, 0) is 11.3 Å². The first-order chi connectivity index (χ1) is 12.1. The van der Waals surface area contributed by atoms with Gasteiger partial charge in [0.2, 0.25) is 0 Å². The van der Waals surface area contributed by atoms with E-state index in [-0.39, 0.29) is 17.8 Å². The quantitative estimate of drug-likeness (QED) is 0.869. The van der Waals surface area contributed by atoms with Crippen LogP contribution in [0.25, 0.3) is 0 Å². The maximum Gasteiger partial charge on any atom is 0.343 e. The van der Waals surface area contributed by atoms with E-state index in [9.17, 15) is 9.59 Å². The Morgan fingerprint density at radius 3 is 2.84 bits per heavy atom. The van der Waals surface area contributed by atoms with Gasteiger partial charge in [-0.1, -0.05) is 11.6 Å². The molecule has 0 bridgehead atoms. The number of H-pyrrole nitrogens is 1. The van der Waals surface area contributed by atoms with Crippen molar-refractivity contribution >= 4 is 23.3 Å². The number of amides is 2. The van der Waals surface area contributed by atoms with Crippen molar-refractivity contribution in [3.63, 3.8) is 0 Å². The predicted molar refractivity (Wildman–Crippen MR) is 93.9 cm³/mol. The zero-order valence-electron chi connectivity index (χ0n) is 13.9. The Kier molecular flexibility index (Phi) is 5.40. The van der Waals surface area contributed by atoms with Crippen LogP contribution in [0.3, 0.4) is 0 Å². The van der Waals surface area contributed by atoms with Gasteiger partial charge >= 0.3 is 11.7 Å². The van der Waals surface area contributed by atoms with E-state index in [0.29, 0.717) is 43.2 Å². The van der Waals surface area contributed by atoms with Gasteiger partial charge in [-0.25, -0.2) is 14.7 Å². The van der Waals surface area contributed by atoms with Crippen LogP contribution in [0.2, 0.25) is 5.02 Å². The molecule has 2 aromatic rings. The first-order valence-electron chi connectivity index (χ1n) is 8.03. The van der Waals surface area contributed by atoms with Crippen molar-refractivity contribution in [3.05, 3.63) is 45.6 Å². The summed E-state index contributed by atoms with van der Waals surface area (Å²) in [5.41, 5.74) is 1.29. The van der Waals surface area contributed by atoms with Crippen LogP contribution in [-0.4, -0.2) is 45.9 Å². The molecule has 1 fully saturated rings. The van der Waals surface area contributed by atoms with E-state index in [1.54, 1.807) is 34.8 Å². The van der Waals surface area contributed by atoms with Gasteiger partial charge in [0, 0.05) is 42.5 Å². The van der Waals surface area contributed by atoms with E-state index in [2.05, 4.69) is 15.5 Å². The van der Waals surface area contributed by atoms with Gasteiger partial charge in [-0.05, 0) is 31.0 Å². The van der Waals surface area contributed by atoms with Crippen LogP contribution in [0.1, 0.15) is 24.4 Å². The molecule has 8 nitrogen and oxygen atoms in total. The minimum absolute atomic E-state index is 0.0647. The Hall–Kier alpha value is -2.32. The summed E-state index contributed by atoms with van der Waals surface area (Å²) >= 11 is 6.00. The molecule has 2 amide bonds. The van der Waals surface area contributed by atoms with Crippen molar-refractivity contribution < 1.29 is 9.53 Å². The monoisotopic (exact) mass is 365 g/mol. The molecule has 1 aliphatic rings. The number of urea groups is 1. The second-order valence-corrected chi connectivity index (χ2v) is 6.39. The van der Waals surface area contributed by atoms with E-state index in [1.165, 1.54) is 6.33 Å². The summed E-state index contributed by atoms with van der Waals surface area (Å²) in [6.45, 7) is 1.50. The number of ether oxygens (including phenoxy) is 1. The largest absolute Gasteiger partial charge is 0.380 e. The minimum Gasteiger partial charge on any atom is -0.380 e. The molecule has 0 unspecified atom stereocenters. The van der Waals surface area contributed by atoms with Crippen molar-refractivity contribution in [2.45, 2.75) is 25.5 Å². The number of nitrogens with zero attached hydrogens (tertiary/aromatic N) is 3. The lowest BCUT2D eigenvalue weighted by molar-refractivity contribution is 0.181. The number of methoxy groups -OCH3 is 1. The number of carbonyl (C=O) groups excluding carboxylic acids is 1. The summed E-state index contributed by atoms with van der Waals surface area (Å²) in [4.78, 5) is 25.9. The Balaban J connectivity index is 1.62. The third-order valence-electron chi connectivity index (χ3n) is 4.33. The molecule has 0 aliphatic carbocycles. The summed E-state index contributed by atoms with van der Waals surface area (Å²) < 4.78 is 6.74. The Bertz CT molecular complexity index is 795. The first kappa shape index (κ1) is 17.5. The molecule has 2 N–H and O–H groups in total. The van der Waals surface area contributed by atoms with Crippen molar-refractivity contribution in [1.29, 1.82) is 0 Å². The molecule has 0 spiro atoms. The Morgan fingerprint density at radius 2 is 2.20 bits per heavy atom. The number of hydrogen-bond donors (Lipinski definition) is 2. The number of anilines is 1. The molecule has 9 heteroatoms. The zero-order valence-corrected chi connectivity index (χ0v) is 14.6. The van der Waals surface area contributed by atoms with Crippen LogP contribution in [0.15, 0.2) is 29.3 Å². The third-order valence-corrected chi connectivity index (χ3v) is 4.57. The molecule has 134 valence electrons. The van der Waals surface area contributed by atoms with Crippen molar-refractivity contribution in [3.8, 4) is 0 Å². The van der Waals surface area contributed by atoms with Gasteiger partial charge in [0.1, 0.15) is 6.33 Å². The molecule has 0 atom stereocenters. The number of halogens is 1. The smallest absolute Gasteiger partial charge is 0.343 e. The normalized spacial score (nSPS) is 15.4. The van der Waals surface area contributed by atoms with Gasteiger partial charge in [-0.3, -0.25) is 4.57 Å². The molecule has 1 aromatic heterocycles. The Labute approximate surface area is 149 Å². The van der Waals surface area contributed by atoms with E-state index in [4.69, 9.17) is 16.3 Å². The lowest BCUT2D eigenvalue weighted by Gasteiger charge is -2.32. The second-order valence-electron chi connectivity index (χ2n) is 5.95. The molecule has 0 radical (unpaired) electrons. The molecule has 2 heterocycles. The maximum absolute atomic E-state index is 12.5. The third kappa shape index (κ3) is 4.02. The number of aromatic amines is 1. The molecular formula is C16H20ClN5O3. The number of likely N-dealkylation sites (tertiary alicyclic amines) is 1. The van der Waals surface area contributed by atoms with Gasteiger partial charge in [-0.15, -0.1) is 0 Å². The fourth-order valence-electron chi connectivity index (χ4n) is 3.02. The lowest BCUT2D eigenvalue weighted by atomic mass is 10.1. The fraction of sp³-hybridized carbons (Fsp3) is 0.438. The summed E-state index contributed by atoms with van der Waals surface area (Å²) in [5, 5.41) is 9.66. The van der Waals surface area contributed by atoms with Gasteiger partial charge in [0.25, 0.3) is 0 Å². The van der Waals surface area contributed by atoms with Gasteiger partial charge in [0.15, 0.2) is 0 Å². The van der Waals surface area contributed by atoms with Crippen LogP contribution >= 0.6 is 11.6 Å². The number of aromatic nitrogens is 3. The van der Waals surface area contributed by atoms with Gasteiger partial charge in [0.05, 0.1) is 6.61 Å².